The molecule has 0 aliphatic heterocycles. The van der Waals surface area contributed by atoms with E-state index >= 15 is 0 Å². The molecule has 0 aliphatic carbocycles. The highest BCUT2D eigenvalue weighted by atomic mass is 35.5. The predicted molar refractivity (Wildman–Crippen MR) is 87.3 cm³/mol. The van der Waals surface area contributed by atoms with E-state index in [1.807, 2.05) is 42.3 Å². The van der Waals surface area contributed by atoms with Crippen molar-refractivity contribution in [3.05, 3.63) is 59.1 Å². The summed E-state index contributed by atoms with van der Waals surface area (Å²) in [6, 6.07) is 15.0. The average molecular weight is 304 g/mol. The van der Waals surface area contributed by atoms with Gasteiger partial charge in [-0.15, -0.1) is 0 Å². The van der Waals surface area contributed by atoms with Crippen molar-refractivity contribution in [1.29, 1.82) is 0 Å². The number of nitrogens with zero attached hydrogens (tertiary/aromatic N) is 1. The van der Waals surface area contributed by atoms with E-state index in [2.05, 4.69) is 5.32 Å². The Bertz CT molecular complexity index is 616. The second-order valence-corrected chi connectivity index (χ2v) is 5.37. The largest absolute Gasteiger partial charge is 0.397 e. The molecule has 0 spiro atoms. The van der Waals surface area contributed by atoms with E-state index in [1.54, 1.807) is 18.2 Å². The van der Waals surface area contributed by atoms with E-state index in [9.17, 15) is 4.79 Å². The van der Waals surface area contributed by atoms with Crippen molar-refractivity contribution in [2.24, 2.45) is 0 Å². The van der Waals surface area contributed by atoms with Gasteiger partial charge in [0.1, 0.15) is 0 Å². The quantitative estimate of drug-likeness (QED) is 0.835. The Morgan fingerprint density at radius 2 is 1.95 bits per heavy atom. The third-order valence-electron chi connectivity index (χ3n) is 3.00. The highest BCUT2D eigenvalue weighted by molar-refractivity contribution is 6.31. The Morgan fingerprint density at radius 1 is 1.24 bits per heavy atom. The number of amides is 1. The summed E-state index contributed by atoms with van der Waals surface area (Å²) in [4.78, 5) is 14.0. The van der Waals surface area contributed by atoms with Gasteiger partial charge in [0.05, 0.1) is 17.9 Å². The summed E-state index contributed by atoms with van der Waals surface area (Å²) in [5, 5.41) is 3.32. The molecule has 2 aromatic rings. The molecule has 0 atom stereocenters. The van der Waals surface area contributed by atoms with Crippen molar-refractivity contribution in [2.45, 2.75) is 6.54 Å². The molecule has 110 valence electrons. The van der Waals surface area contributed by atoms with Crippen molar-refractivity contribution < 1.29 is 4.79 Å². The third kappa shape index (κ3) is 4.77. The van der Waals surface area contributed by atoms with Gasteiger partial charge in [-0.25, -0.2) is 0 Å². The van der Waals surface area contributed by atoms with Crippen LogP contribution in [0.1, 0.15) is 5.56 Å². The van der Waals surface area contributed by atoms with E-state index in [-0.39, 0.29) is 12.5 Å². The number of carbonyl (C=O) groups excluding carboxylic acids is 1. The highest BCUT2D eigenvalue weighted by Crippen LogP contribution is 2.22. The molecule has 2 rings (SSSR count). The molecule has 3 N–H and O–H groups in total. The van der Waals surface area contributed by atoms with Crippen molar-refractivity contribution in [3.8, 4) is 0 Å². The van der Waals surface area contributed by atoms with E-state index < -0.39 is 0 Å². The maximum atomic E-state index is 12.0. The number of likely N-dealkylation sites (N-methyl/N-ethyl adjacent to an activating group) is 1. The van der Waals surface area contributed by atoms with Crippen LogP contribution in [0, 0.1) is 0 Å². The van der Waals surface area contributed by atoms with Gasteiger partial charge in [-0.3, -0.25) is 9.69 Å². The van der Waals surface area contributed by atoms with Crippen LogP contribution in [-0.4, -0.2) is 24.4 Å². The van der Waals surface area contributed by atoms with Gasteiger partial charge in [-0.1, -0.05) is 41.9 Å². The number of carbonyl (C=O) groups is 1. The zero-order valence-electron chi connectivity index (χ0n) is 11.8. The molecular weight excluding hydrogens is 286 g/mol. The number of anilines is 2. The van der Waals surface area contributed by atoms with Crippen LogP contribution in [0.5, 0.6) is 0 Å². The van der Waals surface area contributed by atoms with Gasteiger partial charge in [-0.2, -0.15) is 0 Å². The minimum Gasteiger partial charge on any atom is -0.397 e. The molecule has 1 amide bonds. The standard InChI is InChI=1S/C16H18ClN3O/c1-20(10-12-5-3-2-4-6-12)11-16(21)19-15-9-13(17)7-8-14(15)18/h2-9H,10-11,18H2,1H3,(H,19,21). The molecule has 0 saturated carbocycles. The number of nitrogens with one attached hydrogen (secondary N) is 1. The summed E-state index contributed by atoms with van der Waals surface area (Å²) in [7, 11) is 1.90. The smallest absolute Gasteiger partial charge is 0.238 e. The average Bonchev–Trinajstić information content (AvgIpc) is 2.43. The molecule has 2 aromatic carbocycles. The molecule has 0 aromatic heterocycles. The fourth-order valence-electron chi connectivity index (χ4n) is 2.02. The number of nitrogens with two attached hydrogens (primary N) is 1. The van der Waals surface area contributed by atoms with Gasteiger partial charge < -0.3 is 11.1 Å². The van der Waals surface area contributed by atoms with Crippen LogP contribution in [0.15, 0.2) is 48.5 Å². The third-order valence-corrected chi connectivity index (χ3v) is 3.23. The Hall–Kier alpha value is -2.04. The number of nitrogen functional groups attached to an aromatic ring is 1. The Morgan fingerprint density at radius 3 is 2.67 bits per heavy atom. The maximum Gasteiger partial charge on any atom is 0.238 e. The summed E-state index contributed by atoms with van der Waals surface area (Å²) in [5.74, 6) is -0.123. The first-order valence-electron chi connectivity index (χ1n) is 6.62. The maximum absolute atomic E-state index is 12.0. The Labute approximate surface area is 129 Å². The molecule has 21 heavy (non-hydrogen) atoms. The molecule has 0 saturated heterocycles. The SMILES string of the molecule is CN(CC(=O)Nc1cc(Cl)ccc1N)Cc1ccccc1. The number of benzene rings is 2. The lowest BCUT2D eigenvalue weighted by Crippen LogP contribution is -2.30. The molecule has 0 radical (unpaired) electrons. The second kappa shape index (κ2) is 7.11. The lowest BCUT2D eigenvalue weighted by atomic mass is 10.2. The number of halogens is 1. The first kappa shape index (κ1) is 15.4. The molecule has 0 unspecified atom stereocenters. The molecule has 0 heterocycles. The lowest BCUT2D eigenvalue weighted by Gasteiger charge is -2.17. The van der Waals surface area contributed by atoms with Crippen LogP contribution in [0.4, 0.5) is 11.4 Å². The number of rotatable bonds is 5. The van der Waals surface area contributed by atoms with Crippen LogP contribution in [-0.2, 0) is 11.3 Å². The van der Waals surface area contributed by atoms with Crippen LogP contribution in [0.25, 0.3) is 0 Å². The molecule has 5 heteroatoms. The molecule has 4 nitrogen and oxygen atoms in total. The monoisotopic (exact) mass is 303 g/mol. The second-order valence-electron chi connectivity index (χ2n) is 4.94. The lowest BCUT2D eigenvalue weighted by molar-refractivity contribution is -0.117. The van der Waals surface area contributed by atoms with Crippen molar-refractivity contribution in [1.82, 2.24) is 4.90 Å². The molecule has 0 fully saturated rings. The van der Waals surface area contributed by atoms with Crippen LogP contribution in [0.2, 0.25) is 5.02 Å². The van der Waals surface area contributed by atoms with E-state index in [0.717, 1.165) is 5.56 Å². The fourth-order valence-corrected chi connectivity index (χ4v) is 2.19. The van der Waals surface area contributed by atoms with Gasteiger partial charge in [0.15, 0.2) is 0 Å². The Balaban J connectivity index is 1.91. The van der Waals surface area contributed by atoms with Gasteiger partial charge in [0, 0.05) is 11.6 Å². The minimum absolute atomic E-state index is 0.123. The molecular formula is C16H18ClN3O. The van der Waals surface area contributed by atoms with Crippen LogP contribution >= 0.6 is 11.6 Å². The van der Waals surface area contributed by atoms with Crippen molar-refractivity contribution >= 4 is 28.9 Å². The predicted octanol–water partition coefficient (Wildman–Crippen LogP) is 2.99. The van der Waals surface area contributed by atoms with Gasteiger partial charge in [0.2, 0.25) is 5.91 Å². The van der Waals surface area contributed by atoms with E-state index in [0.29, 0.717) is 22.9 Å². The molecule has 0 aliphatic rings. The normalized spacial score (nSPS) is 10.6. The Kier molecular flexibility index (Phi) is 5.20. The number of hydrogen-bond acceptors (Lipinski definition) is 3. The topological polar surface area (TPSA) is 58.4 Å². The summed E-state index contributed by atoms with van der Waals surface area (Å²) in [6.45, 7) is 0.986. The van der Waals surface area contributed by atoms with E-state index in [4.69, 9.17) is 17.3 Å². The first-order valence-corrected chi connectivity index (χ1v) is 7.00. The zero-order chi connectivity index (χ0) is 15.2. The fraction of sp³-hybridized carbons (Fsp3) is 0.188. The summed E-state index contributed by atoms with van der Waals surface area (Å²) in [6.07, 6.45) is 0. The first-order chi connectivity index (χ1) is 10.0. The number of hydrogen-bond donors (Lipinski definition) is 2. The van der Waals surface area contributed by atoms with E-state index in [1.165, 1.54) is 0 Å². The van der Waals surface area contributed by atoms with Gasteiger partial charge in [-0.05, 0) is 30.8 Å². The zero-order valence-corrected chi connectivity index (χ0v) is 12.6. The van der Waals surface area contributed by atoms with Crippen molar-refractivity contribution in [2.75, 3.05) is 24.6 Å². The molecule has 0 bridgehead atoms. The highest BCUT2D eigenvalue weighted by Gasteiger charge is 2.09. The van der Waals surface area contributed by atoms with Gasteiger partial charge >= 0.3 is 0 Å². The summed E-state index contributed by atoms with van der Waals surface area (Å²) >= 11 is 5.90. The van der Waals surface area contributed by atoms with Gasteiger partial charge in [0.25, 0.3) is 0 Å². The minimum atomic E-state index is -0.123. The summed E-state index contributed by atoms with van der Waals surface area (Å²) in [5.41, 5.74) is 8.01. The van der Waals surface area contributed by atoms with Crippen molar-refractivity contribution in [3.63, 3.8) is 0 Å². The van der Waals surface area contributed by atoms with Crippen LogP contribution in [0.3, 0.4) is 0 Å². The van der Waals surface area contributed by atoms with Crippen LogP contribution < -0.4 is 11.1 Å². The summed E-state index contributed by atoms with van der Waals surface area (Å²) < 4.78 is 0.